The Bertz CT molecular complexity index is 538. The second-order valence-electron chi connectivity index (χ2n) is 6.69. The van der Waals surface area contributed by atoms with Gasteiger partial charge in [-0.25, -0.2) is 0 Å². The fourth-order valence-corrected chi connectivity index (χ4v) is 2.87. The van der Waals surface area contributed by atoms with Gasteiger partial charge in [-0.3, -0.25) is 4.79 Å². The van der Waals surface area contributed by atoms with Crippen LogP contribution in [-0.2, 0) is 11.3 Å². The second-order valence-corrected chi connectivity index (χ2v) is 6.69. The largest absolute Gasteiger partial charge is 0.361 e. The first-order valence-electron chi connectivity index (χ1n) is 7.05. The number of carbonyl (C=O) groups is 1. The van der Waals surface area contributed by atoms with E-state index in [-0.39, 0.29) is 17.2 Å². The lowest BCUT2D eigenvalue weighted by Crippen LogP contribution is -2.29. The van der Waals surface area contributed by atoms with Gasteiger partial charge >= 0.3 is 0 Å². The lowest BCUT2D eigenvalue weighted by atomic mass is 10.1. The third-order valence-electron chi connectivity index (χ3n) is 4.14. The Hall–Kier alpha value is -1.58. The van der Waals surface area contributed by atoms with E-state index in [0.29, 0.717) is 12.5 Å². The molecule has 0 bridgehead atoms. The van der Waals surface area contributed by atoms with Crippen LogP contribution in [0.3, 0.4) is 0 Å². The van der Waals surface area contributed by atoms with Crippen LogP contribution in [0, 0.1) is 24.2 Å². The van der Waals surface area contributed by atoms with Crippen molar-refractivity contribution in [1.82, 2.24) is 10.1 Å². The van der Waals surface area contributed by atoms with Gasteiger partial charge in [0.2, 0.25) is 5.91 Å². The summed E-state index contributed by atoms with van der Waals surface area (Å²) in [6, 6.07) is 1.87. The molecule has 4 heteroatoms. The topological polar surface area (TPSA) is 46.3 Å². The molecular weight excluding hydrogens is 252 g/mol. The lowest BCUT2D eigenvalue weighted by molar-refractivity contribution is -0.132. The molecule has 1 aliphatic rings. The molecule has 1 amide bonds. The molecule has 0 radical (unpaired) electrons. The lowest BCUT2D eigenvalue weighted by Gasteiger charge is -2.16. The number of aryl methyl sites for hydroxylation is 1. The Labute approximate surface area is 120 Å². The van der Waals surface area contributed by atoms with Crippen LogP contribution in [-0.4, -0.2) is 23.0 Å². The summed E-state index contributed by atoms with van der Waals surface area (Å²) in [6.45, 7) is 10.8. The van der Waals surface area contributed by atoms with E-state index < -0.39 is 0 Å². The number of nitrogens with zero attached hydrogens (tertiary/aromatic N) is 2. The van der Waals surface area contributed by atoms with Gasteiger partial charge in [0.25, 0.3) is 0 Å². The highest BCUT2D eigenvalue weighted by atomic mass is 16.5. The van der Waals surface area contributed by atoms with Crippen molar-refractivity contribution in [3.63, 3.8) is 0 Å². The fourth-order valence-electron chi connectivity index (χ4n) is 2.87. The minimum Gasteiger partial charge on any atom is -0.361 e. The molecule has 1 aromatic heterocycles. The van der Waals surface area contributed by atoms with E-state index in [1.165, 1.54) is 5.57 Å². The zero-order valence-electron chi connectivity index (χ0n) is 13.2. The average Bonchev–Trinajstić information content (AvgIpc) is 2.68. The molecule has 0 aliphatic heterocycles. The molecule has 1 aliphatic carbocycles. The summed E-state index contributed by atoms with van der Waals surface area (Å²) in [5.74, 6) is 1.39. The molecule has 1 heterocycles. The molecule has 1 saturated carbocycles. The van der Waals surface area contributed by atoms with Gasteiger partial charge in [0, 0.05) is 13.1 Å². The molecule has 2 atom stereocenters. The second kappa shape index (κ2) is 5.08. The predicted molar refractivity (Wildman–Crippen MR) is 77.9 cm³/mol. The highest BCUT2D eigenvalue weighted by molar-refractivity contribution is 5.83. The van der Waals surface area contributed by atoms with Crippen LogP contribution in [0.4, 0.5) is 0 Å². The minimum absolute atomic E-state index is 0.0579. The molecule has 0 spiro atoms. The monoisotopic (exact) mass is 276 g/mol. The number of hydrogen-bond donors (Lipinski definition) is 0. The van der Waals surface area contributed by atoms with Gasteiger partial charge in [0.05, 0.1) is 12.5 Å². The van der Waals surface area contributed by atoms with Crippen LogP contribution >= 0.6 is 0 Å². The summed E-state index contributed by atoms with van der Waals surface area (Å²) in [7, 11) is 1.83. The normalized spacial score (nSPS) is 23.3. The molecular formula is C16H24N2O2. The van der Waals surface area contributed by atoms with Crippen LogP contribution in [0.5, 0.6) is 0 Å². The van der Waals surface area contributed by atoms with Crippen molar-refractivity contribution in [3.8, 4) is 0 Å². The molecule has 20 heavy (non-hydrogen) atoms. The van der Waals surface area contributed by atoms with Crippen LogP contribution in [0.15, 0.2) is 22.2 Å². The zero-order valence-corrected chi connectivity index (χ0v) is 13.2. The summed E-state index contributed by atoms with van der Waals surface area (Å²) in [4.78, 5) is 14.3. The number of amides is 1. The Morgan fingerprint density at radius 1 is 1.50 bits per heavy atom. The molecule has 0 unspecified atom stereocenters. The number of rotatable bonds is 4. The maximum Gasteiger partial charge on any atom is 0.226 e. The quantitative estimate of drug-likeness (QED) is 0.793. The Morgan fingerprint density at radius 2 is 2.15 bits per heavy atom. The van der Waals surface area contributed by atoms with E-state index in [1.54, 1.807) is 4.90 Å². The molecule has 110 valence electrons. The minimum atomic E-state index is 0.0579. The maximum atomic E-state index is 12.6. The summed E-state index contributed by atoms with van der Waals surface area (Å²) in [5, 5.41) is 3.94. The smallest absolute Gasteiger partial charge is 0.226 e. The fraction of sp³-hybridized carbons (Fsp3) is 0.625. The standard InChI is InChI=1S/C16H24N2O2/c1-10(2)7-13-14(16(13,4)5)15(19)18(6)9-12-8-11(3)20-17-12/h7-8,13-14H,9H2,1-6H3/t13-,14-/m0/s1. The Balaban J connectivity index is 2.03. The van der Waals surface area contributed by atoms with Gasteiger partial charge in [-0.05, 0) is 32.1 Å². The van der Waals surface area contributed by atoms with Gasteiger partial charge in [0.1, 0.15) is 11.5 Å². The molecule has 4 nitrogen and oxygen atoms in total. The Morgan fingerprint density at radius 3 is 2.65 bits per heavy atom. The van der Waals surface area contributed by atoms with Crippen molar-refractivity contribution in [3.05, 3.63) is 29.2 Å². The number of carbonyl (C=O) groups excluding carboxylic acids is 1. The van der Waals surface area contributed by atoms with E-state index >= 15 is 0 Å². The van der Waals surface area contributed by atoms with E-state index in [2.05, 4.69) is 38.9 Å². The first kappa shape index (κ1) is 14.8. The first-order valence-corrected chi connectivity index (χ1v) is 7.05. The molecule has 0 N–H and O–H groups in total. The van der Waals surface area contributed by atoms with Crippen molar-refractivity contribution < 1.29 is 9.32 Å². The van der Waals surface area contributed by atoms with Crippen molar-refractivity contribution in [2.75, 3.05) is 7.05 Å². The van der Waals surface area contributed by atoms with E-state index in [0.717, 1.165) is 11.5 Å². The predicted octanol–water partition coefficient (Wildman–Crippen LogP) is 3.18. The van der Waals surface area contributed by atoms with Gasteiger partial charge in [-0.15, -0.1) is 0 Å². The van der Waals surface area contributed by atoms with Crippen molar-refractivity contribution >= 4 is 5.91 Å². The SMILES string of the molecule is CC(C)=C[C@H]1[C@@H](C(=O)N(C)Cc2cc(C)on2)C1(C)C. The Kier molecular flexibility index (Phi) is 3.76. The first-order chi connectivity index (χ1) is 9.23. The maximum absolute atomic E-state index is 12.6. The molecule has 2 rings (SSSR count). The van der Waals surface area contributed by atoms with Crippen LogP contribution < -0.4 is 0 Å². The molecule has 1 aromatic rings. The van der Waals surface area contributed by atoms with E-state index in [1.807, 2.05) is 20.0 Å². The van der Waals surface area contributed by atoms with E-state index in [4.69, 9.17) is 4.52 Å². The molecule has 0 saturated heterocycles. The van der Waals surface area contributed by atoms with Crippen LogP contribution in [0.2, 0.25) is 0 Å². The van der Waals surface area contributed by atoms with Crippen LogP contribution in [0.25, 0.3) is 0 Å². The van der Waals surface area contributed by atoms with Gasteiger partial charge in [0.15, 0.2) is 0 Å². The van der Waals surface area contributed by atoms with Gasteiger partial charge in [-0.2, -0.15) is 0 Å². The van der Waals surface area contributed by atoms with E-state index in [9.17, 15) is 4.79 Å². The summed E-state index contributed by atoms with van der Waals surface area (Å²) >= 11 is 0. The highest BCUT2D eigenvalue weighted by Gasteiger charge is 2.60. The van der Waals surface area contributed by atoms with Crippen molar-refractivity contribution in [1.29, 1.82) is 0 Å². The van der Waals surface area contributed by atoms with Gasteiger partial charge in [-0.1, -0.05) is 30.7 Å². The number of hydrogen-bond acceptors (Lipinski definition) is 3. The summed E-state index contributed by atoms with van der Waals surface area (Å²) in [5.41, 5.74) is 2.13. The average molecular weight is 276 g/mol. The van der Waals surface area contributed by atoms with Crippen molar-refractivity contribution in [2.45, 2.75) is 41.2 Å². The third-order valence-corrected chi connectivity index (χ3v) is 4.14. The van der Waals surface area contributed by atoms with Crippen LogP contribution in [0.1, 0.15) is 39.1 Å². The summed E-state index contributed by atoms with van der Waals surface area (Å²) < 4.78 is 5.04. The van der Waals surface area contributed by atoms with Crippen molar-refractivity contribution in [2.24, 2.45) is 17.3 Å². The summed E-state index contributed by atoms with van der Waals surface area (Å²) in [6.07, 6.45) is 2.22. The molecule has 1 fully saturated rings. The zero-order chi connectivity index (χ0) is 15.1. The number of allylic oxidation sites excluding steroid dienone is 2. The molecule has 0 aromatic carbocycles. The third kappa shape index (κ3) is 2.79. The highest BCUT2D eigenvalue weighted by Crippen LogP contribution is 2.60. The number of aromatic nitrogens is 1. The van der Waals surface area contributed by atoms with Gasteiger partial charge < -0.3 is 9.42 Å².